The van der Waals surface area contributed by atoms with E-state index in [1.807, 2.05) is 23.8 Å². The van der Waals surface area contributed by atoms with Crippen molar-refractivity contribution in [3.8, 4) is 6.07 Å². The van der Waals surface area contributed by atoms with Crippen LogP contribution in [0.1, 0.15) is 16.6 Å². The van der Waals surface area contributed by atoms with Crippen molar-refractivity contribution in [2.75, 3.05) is 5.75 Å². The molecule has 5 nitrogen and oxygen atoms in total. The summed E-state index contributed by atoms with van der Waals surface area (Å²) in [5, 5.41) is 15.3. The molecule has 0 aliphatic carbocycles. The number of fused-ring (bicyclic) bond motifs is 1. The van der Waals surface area contributed by atoms with E-state index in [4.69, 9.17) is 0 Å². The molecule has 8 heteroatoms. The third-order valence-electron chi connectivity index (χ3n) is 2.91. The van der Waals surface area contributed by atoms with Gasteiger partial charge in [-0.25, -0.2) is 15.0 Å². The highest BCUT2D eigenvalue weighted by atomic mass is 32.2. The normalized spacial score (nSPS) is 12.2. The maximum atomic E-state index is 12.3. The number of ketones is 1. The largest absolute Gasteiger partial charge is 0.297 e. The second-order valence-electron chi connectivity index (χ2n) is 4.46. The van der Waals surface area contributed by atoms with Gasteiger partial charge in [0, 0.05) is 16.5 Å². The van der Waals surface area contributed by atoms with Gasteiger partial charge in [-0.05, 0) is 18.4 Å². The highest BCUT2D eigenvalue weighted by molar-refractivity contribution is 8.00. The van der Waals surface area contributed by atoms with Crippen molar-refractivity contribution in [1.29, 1.82) is 5.26 Å². The third-order valence-corrected chi connectivity index (χ3v) is 5.79. The summed E-state index contributed by atoms with van der Waals surface area (Å²) in [5.41, 5.74) is 0.830. The van der Waals surface area contributed by atoms with Crippen molar-refractivity contribution < 1.29 is 4.79 Å². The van der Waals surface area contributed by atoms with Crippen LogP contribution in [0.15, 0.2) is 28.2 Å². The molecule has 0 aliphatic rings. The molecule has 0 N–H and O–H groups in total. The summed E-state index contributed by atoms with van der Waals surface area (Å²) in [6.45, 7) is 1.85. The Balaban J connectivity index is 1.74. The zero-order valence-electron chi connectivity index (χ0n) is 11.5. The van der Waals surface area contributed by atoms with E-state index >= 15 is 0 Å². The van der Waals surface area contributed by atoms with E-state index in [1.165, 1.54) is 40.8 Å². The zero-order chi connectivity index (χ0) is 15.5. The van der Waals surface area contributed by atoms with E-state index in [9.17, 15) is 10.1 Å². The van der Waals surface area contributed by atoms with Crippen LogP contribution in [0.3, 0.4) is 0 Å². The van der Waals surface area contributed by atoms with Crippen molar-refractivity contribution in [1.82, 2.24) is 15.0 Å². The summed E-state index contributed by atoms with van der Waals surface area (Å²) >= 11 is 4.22. The fourth-order valence-corrected chi connectivity index (χ4v) is 4.42. The highest BCUT2D eigenvalue weighted by Gasteiger charge is 2.23. The molecular weight excluding hydrogens is 336 g/mol. The van der Waals surface area contributed by atoms with Gasteiger partial charge in [-0.3, -0.25) is 4.79 Å². The number of thiophene rings is 1. The van der Waals surface area contributed by atoms with Gasteiger partial charge in [-0.1, -0.05) is 11.8 Å². The number of nitriles is 1. The molecule has 3 aromatic rings. The molecule has 3 aromatic heterocycles. The van der Waals surface area contributed by atoms with E-state index in [-0.39, 0.29) is 11.5 Å². The minimum atomic E-state index is -0.800. The molecule has 1 atom stereocenters. The van der Waals surface area contributed by atoms with Crippen LogP contribution in [0.2, 0.25) is 0 Å². The first-order chi connectivity index (χ1) is 10.7. The Morgan fingerprint density at radius 2 is 2.32 bits per heavy atom. The smallest absolute Gasteiger partial charge is 0.167 e. The lowest BCUT2D eigenvalue weighted by atomic mass is 10.1. The maximum absolute atomic E-state index is 12.3. The number of nitrogens with zero attached hydrogens (tertiary/aromatic N) is 4. The molecule has 0 saturated heterocycles. The number of hydrogen-bond donors (Lipinski definition) is 0. The Kier molecular flexibility index (Phi) is 4.47. The molecule has 0 unspecified atom stereocenters. The summed E-state index contributed by atoms with van der Waals surface area (Å²) in [6.07, 6.45) is 1.50. The molecule has 22 heavy (non-hydrogen) atoms. The second-order valence-corrected chi connectivity index (χ2v) is 7.21. The van der Waals surface area contributed by atoms with Crippen LogP contribution >= 0.6 is 34.4 Å². The molecule has 0 amide bonds. The maximum Gasteiger partial charge on any atom is 0.167 e. The summed E-state index contributed by atoms with van der Waals surface area (Å²) in [6, 6.07) is 4.00. The molecule has 3 rings (SSSR count). The van der Waals surface area contributed by atoms with Crippen LogP contribution in [0.25, 0.3) is 10.2 Å². The van der Waals surface area contributed by atoms with Crippen molar-refractivity contribution in [3.05, 3.63) is 33.9 Å². The molecule has 0 saturated carbocycles. The van der Waals surface area contributed by atoms with Crippen LogP contribution in [0, 0.1) is 18.3 Å². The molecule has 0 fully saturated rings. The van der Waals surface area contributed by atoms with Gasteiger partial charge in [0.1, 0.15) is 21.2 Å². The van der Waals surface area contributed by atoms with Crippen LogP contribution in [0.5, 0.6) is 0 Å². The highest BCUT2D eigenvalue weighted by Crippen LogP contribution is 2.29. The molecule has 0 aromatic carbocycles. The second kappa shape index (κ2) is 6.52. The minimum absolute atomic E-state index is 0.149. The fourth-order valence-electron chi connectivity index (χ4n) is 1.87. The average Bonchev–Trinajstić information content (AvgIpc) is 3.15. The van der Waals surface area contributed by atoms with E-state index in [2.05, 4.69) is 21.0 Å². The van der Waals surface area contributed by atoms with Gasteiger partial charge < -0.3 is 0 Å². The van der Waals surface area contributed by atoms with Crippen LogP contribution in [-0.2, 0) is 4.79 Å². The topological polar surface area (TPSA) is 79.5 Å². The SMILES string of the molecule is Cc1csc([C@@H](C#N)C(=O)CSc2ncnc3sccc23)n1. The average molecular weight is 346 g/mol. The van der Waals surface area contributed by atoms with Crippen LogP contribution in [-0.4, -0.2) is 26.5 Å². The summed E-state index contributed by atoms with van der Waals surface area (Å²) in [4.78, 5) is 25.9. The number of hydrogen-bond acceptors (Lipinski definition) is 8. The number of Topliss-reactive ketones (excluding diaryl/α,β-unsaturated/α-hetero) is 1. The monoisotopic (exact) mass is 346 g/mol. The van der Waals surface area contributed by atoms with Gasteiger partial charge in [0.2, 0.25) is 0 Å². The Morgan fingerprint density at radius 3 is 3.05 bits per heavy atom. The molecule has 110 valence electrons. The molecule has 3 heterocycles. The number of thioether (sulfide) groups is 1. The van der Waals surface area contributed by atoms with Crippen molar-refractivity contribution in [2.45, 2.75) is 17.9 Å². The van der Waals surface area contributed by atoms with Gasteiger partial charge in [0.05, 0.1) is 11.8 Å². The predicted molar refractivity (Wildman–Crippen MR) is 88.4 cm³/mol. The fraction of sp³-hybridized carbons (Fsp3) is 0.214. The first-order valence-electron chi connectivity index (χ1n) is 6.34. The minimum Gasteiger partial charge on any atom is -0.297 e. The number of aromatic nitrogens is 3. The number of rotatable bonds is 5. The molecular formula is C14H10N4OS3. The third kappa shape index (κ3) is 3.02. The Bertz CT molecular complexity index is 864. The Hall–Kier alpha value is -1.82. The number of thiazole rings is 1. The Morgan fingerprint density at radius 1 is 1.45 bits per heavy atom. The van der Waals surface area contributed by atoms with E-state index < -0.39 is 5.92 Å². The van der Waals surface area contributed by atoms with E-state index in [0.717, 1.165) is 20.9 Å². The number of carbonyl (C=O) groups excluding carboxylic acids is 1. The van der Waals surface area contributed by atoms with Gasteiger partial charge in [0.25, 0.3) is 0 Å². The number of aryl methyl sites for hydroxylation is 1. The summed E-state index contributed by atoms with van der Waals surface area (Å²) in [7, 11) is 0. The number of carbonyl (C=O) groups is 1. The van der Waals surface area contributed by atoms with Gasteiger partial charge >= 0.3 is 0 Å². The van der Waals surface area contributed by atoms with Gasteiger partial charge in [0.15, 0.2) is 11.7 Å². The van der Waals surface area contributed by atoms with Crippen LogP contribution in [0.4, 0.5) is 0 Å². The lowest BCUT2D eigenvalue weighted by Gasteiger charge is -2.05. The zero-order valence-corrected chi connectivity index (χ0v) is 14.0. The standard InChI is InChI=1S/C14H10N4OS3/c1-8-5-21-14(18-8)10(4-15)11(19)6-22-13-9-2-3-20-12(9)16-7-17-13/h2-3,5,7,10H,6H2,1H3/t10-/m0/s1. The first kappa shape index (κ1) is 15.1. The van der Waals surface area contributed by atoms with E-state index in [0.29, 0.717) is 5.01 Å². The van der Waals surface area contributed by atoms with Crippen LogP contribution < -0.4 is 0 Å². The van der Waals surface area contributed by atoms with Crippen molar-refractivity contribution in [2.24, 2.45) is 0 Å². The lowest BCUT2D eigenvalue weighted by molar-refractivity contribution is -0.116. The van der Waals surface area contributed by atoms with E-state index in [1.54, 1.807) is 0 Å². The summed E-state index contributed by atoms with van der Waals surface area (Å²) < 4.78 is 0. The molecule has 0 spiro atoms. The lowest BCUT2D eigenvalue weighted by Crippen LogP contribution is -2.13. The summed E-state index contributed by atoms with van der Waals surface area (Å²) in [5.74, 6) is -0.756. The first-order valence-corrected chi connectivity index (χ1v) is 9.09. The van der Waals surface area contributed by atoms with Crippen molar-refractivity contribution >= 4 is 50.4 Å². The molecule has 0 bridgehead atoms. The van der Waals surface area contributed by atoms with Crippen molar-refractivity contribution in [3.63, 3.8) is 0 Å². The Labute approximate surface area is 139 Å². The molecule has 0 radical (unpaired) electrons. The van der Waals surface area contributed by atoms with Gasteiger partial charge in [-0.2, -0.15) is 5.26 Å². The predicted octanol–water partition coefficient (Wildman–Crippen LogP) is 3.42. The quantitative estimate of drug-likeness (QED) is 0.520. The molecule has 0 aliphatic heterocycles. The van der Waals surface area contributed by atoms with Gasteiger partial charge in [-0.15, -0.1) is 22.7 Å².